The second-order valence-corrected chi connectivity index (χ2v) is 8.83. The van der Waals surface area contributed by atoms with Crippen LogP contribution >= 0.6 is 22.7 Å². The fraction of sp³-hybridized carbons (Fsp3) is 0.421. The summed E-state index contributed by atoms with van der Waals surface area (Å²) in [5, 5.41) is 4.61. The number of rotatable bonds is 6. The number of carbonyl (C=O) groups excluding carboxylic acids is 3. The summed E-state index contributed by atoms with van der Waals surface area (Å²) in [6.07, 6.45) is 3.93. The van der Waals surface area contributed by atoms with Crippen molar-refractivity contribution in [3.8, 4) is 0 Å². The van der Waals surface area contributed by atoms with Crippen molar-refractivity contribution in [2.24, 2.45) is 5.92 Å². The third kappa shape index (κ3) is 5.40. The molecule has 6 nitrogen and oxygen atoms in total. The van der Waals surface area contributed by atoms with Crippen LogP contribution in [0.5, 0.6) is 0 Å². The Morgan fingerprint density at radius 3 is 2.81 bits per heavy atom. The van der Waals surface area contributed by atoms with Gasteiger partial charge in [0.1, 0.15) is 0 Å². The Kier molecular flexibility index (Phi) is 6.63. The highest BCUT2D eigenvalue weighted by molar-refractivity contribution is 7.14. The van der Waals surface area contributed by atoms with Crippen LogP contribution in [0.1, 0.15) is 56.0 Å². The zero-order chi connectivity index (χ0) is 19.2. The van der Waals surface area contributed by atoms with Crippen molar-refractivity contribution in [1.29, 1.82) is 0 Å². The molecule has 2 aromatic rings. The van der Waals surface area contributed by atoms with Crippen molar-refractivity contribution in [1.82, 2.24) is 16.2 Å². The molecular formula is C19H23N3O3S2. The second-order valence-electron chi connectivity index (χ2n) is 6.75. The van der Waals surface area contributed by atoms with Gasteiger partial charge < -0.3 is 5.32 Å². The lowest BCUT2D eigenvalue weighted by Crippen LogP contribution is -2.41. The van der Waals surface area contributed by atoms with E-state index in [0.29, 0.717) is 28.6 Å². The number of thiophene rings is 2. The second kappa shape index (κ2) is 9.14. The number of aryl methyl sites for hydroxylation is 1. The van der Waals surface area contributed by atoms with Crippen molar-refractivity contribution in [2.75, 3.05) is 6.54 Å². The summed E-state index contributed by atoms with van der Waals surface area (Å²) in [7, 11) is 0. The van der Waals surface area contributed by atoms with Gasteiger partial charge >= 0.3 is 0 Å². The molecule has 0 aliphatic heterocycles. The Bertz CT molecular complexity index is 814. The van der Waals surface area contributed by atoms with Gasteiger partial charge in [-0.15, -0.1) is 22.7 Å². The van der Waals surface area contributed by atoms with Gasteiger partial charge in [-0.3, -0.25) is 25.2 Å². The minimum Gasteiger partial charge on any atom is -0.351 e. The molecule has 0 saturated heterocycles. The zero-order valence-corrected chi connectivity index (χ0v) is 16.8. The van der Waals surface area contributed by atoms with E-state index in [1.165, 1.54) is 33.1 Å². The lowest BCUT2D eigenvalue weighted by Gasteiger charge is -2.16. The molecule has 0 aromatic carbocycles. The van der Waals surface area contributed by atoms with Gasteiger partial charge in [0.2, 0.25) is 5.91 Å². The maximum Gasteiger partial charge on any atom is 0.279 e. The molecule has 2 aromatic heterocycles. The first-order chi connectivity index (χ1) is 13.0. The predicted octanol–water partition coefficient (Wildman–Crippen LogP) is 2.91. The van der Waals surface area contributed by atoms with Crippen LogP contribution in [0.2, 0.25) is 0 Å². The average Bonchev–Trinajstić information content (AvgIpc) is 3.32. The van der Waals surface area contributed by atoms with Crippen molar-refractivity contribution in [3.05, 3.63) is 43.8 Å². The molecular weight excluding hydrogens is 382 g/mol. The monoisotopic (exact) mass is 405 g/mol. The molecule has 3 N–H and O–H groups in total. The van der Waals surface area contributed by atoms with Crippen LogP contribution in [0.15, 0.2) is 23.6 Å². The molecule has 0 radical (unpaired) electrons. The molecule has 1 aliphatic rings. The summed E-state index contributed by atoms with van der Waals surface area (Å²) < 4.78 is 0. The van der Waals surface area contributed by atoms with E-state index in [9.17, 15) is 14.4 Å². The summed E-state index contributed by atoms with van der Waals surface area (Å²) in [4.78, 5) is 38.4. The topological polar surface area (TPSA) is 87.3 Å². The summed E-state index contributed by atoms with van der Waals surface area (Å²) in [6.45, 7) is 2.64. The van der Waals surface area contributed by atoms with Gasteiger partial charge in [-0.25, -0.2) is 0 Å². The van der Waals surface area contributed by atoms with Crippen LogP contribution in [-0.2, 0) is 17.6 Å². The largest absolute Gasteiger partial charge is 0.351 e. The molecule has 27 heavy (non-hydrogen) atoms. The fourth-order valence-electron chi connectivity index (χ4n) is 3.01. The van der Waals surface area contributed by atoms with E-state index in [4.69, 9.17) is 0 Å². The maximum absolute atomic E-state index is 12.2. The van der Waals surface area contributed by atoms with E-state index in [2.05, 4.69) is 23.1 Å². The van der Waals surface area contributed by atoms with E-state index < -0.39 is 0 Å². The molecule has 1 aliphatic carbocycles. The molecule has 0 fully saturated rings. The molecule has 1 unspecified atom stereocenters. The van der Waals surface area contributed by atoms with Crippen molar-refractivity contribution in [3.63, 3.8) is 0 Å². The molecule has 2 heterocycles. The summed E-state index contributed by atoms with van der Waals surface area (Å²) >= 11 is 2.89. The molecule has 144 valence electrons. The van der Waals surface area contributed by atoms with E-state index in [1.807, 2.05) is 17.5 Å². The fourth-order valence-corrected chi connectivity index (χ4v) is 4.76. The number of hydrogen-bond acceptors (Lipinski definition) is 5. The first kappa shape index (κ1) is 19.6. The molecule has 0 bridgehead atoms. The van der Waals surface area contributed by atoms with Gasteiger partial charge in [-0.1, -0.05) is 13.0 Å². The molecule has 1 atom stereocenters. The van der Waals surface area contributed by atoms with Crippen LogP contribution in [0.4, 0.5) is 0 Å². The molecule has 8 heteroatoms. The standard InChI is InChI=1S/C19H23N3O3S2/c1-12-6-7-14-13(10-12)11-16(27-14)19(25)22-21-17(23)5-2-8-20-18(24)15-4-3-9-26-15/h3-4,9,11-12H,2,5-8,10H2,1H3,(H,20,24)(H,21,23)(H,22,25). The lowest BCUT2D eigenvalue weighted by atomic mass is 9.90. The number of nitrogens with one attached hydrogen (secondary N) is 3. The van der Waals surface area contributed by atoms with Crippen molar-refractivity contribution >= 4 is 40.4 Å². The van der Waals surface area contributed by atoms with Crippen LogP contribution in [0.25, 0.3) is 0 Å². The highest BCUT2D eigenvalue weighted by Crippen LogP contribution is 2.32. The lowest BCUT2D eigenvalue weighted by molar-refractivity contribution is -0.121. The molecule has 0 saturated carbocycles. The maximum atomic E-state index is 12.2. The summed E-state index contributed by atoms with van der Waals surface area (Å²) in [5.74, 6) is -0.0252. The molecule has 3 amide bonds. The van der Waals surface area contributed by atoms with Gasteiger partial charge in [0.15, 0.2) is 0 Å². The first-order valence-electron chi connectivity index (χ1n) is 9.05. The van der Waals surface area contributed by atoms with Gasteiger partial charge in [0.05, 0.1) is 9.75 Å². The Hall–Kier alpha value is -2.19. The average molecular weight is 406 g/mol. The van der Waals surface area contributed by atoms with Gasteiger partial charge in [-0.05, 0) is 54.7 Å². The minimum atomic E-state index is -0.276. The van der Waals surface area contributed by atoms with Crippen LogP contribution < -0.4 is 16.2 Å². The normalized spacial score (nSPS) is 15.7. The predicted molar refractivity (Wildman–Crippen MR) is 107 cm³/mol. The SMILES string of the molecule is CC1CCc2sc(C(=O)NNC(=O)CCCNC(=O)c3cccs3)cc2C1. The number of carbonyl (C=O) groups is 3. The molecule has 3 rings (SSSR count). The van der Waals surface area contributed by atoms with E-state index in [1.54, 1.807) is 6.07 Å². The number of hydrogen-bond donors (Lipinski definition) is 3. The molecule has 0 spiro atoms. The van der Waals surface area contributed by atoms with Gasteiger partial charge in [0, 0.05) is 17.8 Å². The summed E-state index contributed by atoms with van der Waals surface area (Å²) in [6, 6.07) is 5.52. The first-order valence-corrected chi connectivity index (χ1v) is 10.7. The highest BCUT2D eigenvalue weighted by atomic mass is 32.1. The van der Waals surface area contributed by atoms with E-state index >= 15 is 0 Å². The Balaban J connectivity index is 1.35. The Labute approximate surface area is 166 Å². The quantitative estimate of drug-likeness (QED) is 0.510. The summed E-state index contributed by atoms with van der Waals surface area (Å²) in [5.41, 5.74) is 6.18. The van der Waals surface area contributed by atoms with Gasteiger partial charge in [0.25, 0.3) is 11.8 Å². The van der Waals surface area contributed by atoms with Crippen LogP contribution in [0, 0.1) is 5.92 Å². The number of hydrazine groups is 1. The Morgan fingerprint density at radius 2 is 2.04 bits per heavy atom. The van der Waals surface area contributed by atoms with Crippen LogP contribution in [-0.4, -0.2) is 24.3 Å². The Morgan fingerprint density at radius 1 is 1.19 bits per heavy atom. The zero-order valence-electron chi connectivity index (χ0n) is 15.2. The third-order valence-corrected chi connectivity index (χ3v) is 6.58. The highest BCUT2D eigenvalue weighted by Gasteiger charge is 2.20. The van der Waals surface area contributed by atoms with E-state index in [0.717, 1.165) is 19.3 Å². The van der Waals surface area contributed by atoms with Gasteiger partial charge in [-0.2, -0.15) is 0 Å². The van der Waals surface area contributed by atoms with E-state index in [-0.39, 0.29) is 24.1 Å². The number of fused-ring (bicyclic) bond motifs is 1. The number of amides is 3. The van der Waals surface area contributed by atoms with Crippen molar-refractivity contribution < 1.29 is 14.4 Å². The van der Waals surface area contributed by atoms with Crippen molar-refractivity contribution in [2.45, 2.75) is 39.0 Å². The smallest absolute Gasteiger partial charge is 0.279 e. The third-order valence-electron chi connectivity index (χ3n) is 4.48. The van der Waals surface area contributed by atoms with Crippen LogP contribution in [0.3, 0.4) is 0 Å². The minimum absolute atomic E-state index is 0.130.